The van der Waals surface area contributed by atoms with Crippen LogP contribution >= 0.6 is 0 Å². The average Bonchev–Trinajstić information content (AvgIpc) is 3.25. The zero-order chi connectivity index (χ0) is 48.5. The van der Waals surface area contributed by atoms with Crippen LogP contribution < -0.4 is 0 Å². The first-order valence-electron chi connectivity index (χ1n) is 24.7. The number of aliphatic hydroxyl groups is 5. The number of rotatable bonds is 13. The van der Waals surface area contributed by atoms with Crippen LogP contribution in [-0.4, -0.2) is 135 Å². The summed E-state index contributed by atoms with van der Waals surface area (Å²) >= 11 is 0. The number of hydrogen-bond donors (Lipinski definition) is 6. The van der Waals surface area contributed by atoms with E-state index in [1.54, 1.807) is 0 Å². The number of carbonyl (C=O) groups is 4. The van der Waals surface area contributed by atoms with E-state index in [-0.39, 0.29) is 47.6 Å². The number of hydrogen-bond acceptors (Lipinski definition) is 15. The molecule has 66 heavy (non-hydrogen) atoms. The Morgan fingerprint density at radius 2 is 1.27 bits per heavy atom. The average molecular weight is 935 g/mol. The number of carboxylic acids is 1. The molecular weight excluding hydrogens is 857 g/mol. The maximum Gasteiger partial charge on any atom is 0.338 e. The molecule has 2 aliphatic heterocycles. The molecule has 16 heteroatoms. The van der Waals surface area contributed by atoms with Gasteiger partial charge in [-0.25, -0.2) is 9.59 Å². The van der Waals surface area contributed by atoms with Gasteiger partial charge in [-0.3, -0.25) is 9.59 Å². The van der Waals surface area contributed by atoms with Crippen molar-refractivity contribution < 1.29 is 78.2 Å². The highest BCUT2D eigenvalue weighted by Gasteiger charge is 2.71. The van der Waals surface area contributed by atoms with E-state index >= 15 is 4.79 Å². The lowest BCUT2D eigenvalue weighted by molar-refractivity contribution is -0.371. The van der Waals surface area contributed by atoms with Crippen molar-refractivity contribution >= 4 is 23.7 Å². The fourth-order valence-corrected chi connectivity index (χ4v) is 14.1. The summed E-state index contributed by atoms with van der Waals surface area (Å²) in [5, 5.41) is 66.1. The third-order valence-electron chi connectivity index (χ3n) is 18.7. The summed E-state index contributed by atoms with van der Waals surface area (Å²) in [6.07, 6.45) is -7.96. The van der Waals surface area contributed by atoms with Gasteiger partial charge in [0.2, 0.25) is 0 Å². The van der Waals surface area contributed by atoms with Crippen molar-refractivity contribution in [1.29, 1.82) is 0 Å². The quantitative estimate of drug-likeness (QED) is 0.0828. The summed E-state index contributed by atoms with van der Waals surface area (Å²) in [7, 11) is 0. The molecule has 374 valence electrons. The molecule has 16 nitrogen and oxygen atoms in total. The van der Waals surface area contributed by atoms with Crippen molar-refractivity contribution in [1.82, 2.24) is 0 Å². The molecule has 6 fully saturated rings. The third kappa shape index (κ3) is 8.41. The number of carbonyl (C=O) groups excluding carboxylic acids is 3. The fraction of sp³-hybridized carbons (Fsp3) is 0.880. The molecule has 2 heterocycles. The topological polar surface area (TPSA) is 245 Å². The van der Waals surface area contributed by atoms with Crippen molar-refractivity contribution in [2.24, 2.45) is 50.2 Å². The molecule has 7 aliphatic rings. The van der Waals surface area contributed by atoms with E-state index in [4.69, 9.17) is 28.4 Å². The van der Waals surface area contributed by atoms with Gasteiger partial charge in [0, 0.05) is 5.92 Å². The number of aliphatic hydroxyl groups excluding tert-OH is 5. The maximum absolute atomic E-state index is 15.0. The van der Waals surface area contributed by atoms with Crippen molar-refractivity contribution in [2.75, 3.05) is 13.2 Å². The van der Waals surface area contributed by atoms with Crippen LogP contribution in [0.5, 0.6) is 0 Å². The van der Waals surface area contributed by atoms with E-state index in [0.717, 1.165) is 50.5 Å². The minimum Gasteiger partial charge on any atom is -0.481 e. The highest BCUT2D eigenvalue weighted by atomic mass is 16.8. The second-order valence-electron chi connectivity index (χ2n) is 23.0. The molecule has 4 saturated carbocycles. The molecule has 19 atom stereocenters. The number of fused-ring (bicyclic) bond motifs is 7. The monoisotopic (exact) mass is 935 g/mol. The second kappa shape index (κ2) is 18.7. The summed E-state index contributed by atoms with van der Waals surface area (Å²) in [6.45, 7) is 19.0. The van der Waals surface area contributed by atoms with Crippen LogP contribution in [0.15, 0.2) is 11.6 Å². The summed E-state index contributed by atoms with van der Waals surface area (Å²) < 4.78 is 35.5. The van der Waals surface area contributed by atoms with Gasteiger partial charge in [0.15, 0.2) is 30.6 Å². The lowest BCUT2D eigenvalue weighted by Gasteiger charge is -2.70. The standard InChI is InChI=1S/C50H78O16/c1-10-12-22-61-40(57)36-32(53)31(52)35(56)42(64-36)66-38-34(55)33(54)37(41(58)62-23-13-11-2)65-43(38)63-30-15-16-48(7)29(45(30,3)4)14-17-50(9)39(48)28(51)24-26-27-25-47(6,44(59)60)19-18-46(27,5)20-21-49(26,50)8/h24,27,29-39,42-43,52-56H,10-23,25H2,1-9H3,(H,59,60)/t27-,29-,30+,31+,32+,33+,34+,35-,36+,37+,38-,39-,42+,43-,46+,47-,48+,49-,50-/m0/s1. The van der Waals surface area contributed by atoms with Crippen LogP contribution in [0.4, 0.5) is 0 Å². The van der Waals surface area contributed by atoms with Crippen molar-refractivity contribution in [2.45, 2.75) is 213 Å². The number of ether oxygens (including phenoxy) is 6. The number of unbranched alkanes of at least 4 members (excludes halogenated alkanes) is 2. The number of esters is 2. The molecule has 0 spiro atoms. The molecule has 6 N–H and O–H groups in total. The lowest BCUT2D eigenvalue weighted by atomic mass is 9.33. The highest BCUT2D eigenvalue weighted by Crippen LogP contribution is 2.75. The Labute approximate surface area is 389 Å². The minimum absolute atomic E-state index is 0.00910. The SMILES string of the molecule is CCCCOC(=O)[C@@H]1O[C@H](O[C@@H]2[C@@H](O[C@@H]3CC[C@]4(C)[C@@H](CC[C@@]5(C)[C@H]4C(=O)C=C4[C@@H]6C[C@@](C)(C(=O)O)CC[C@]6(C)CC[C@@]45C)C3(C)C)O[C@@H](C(=O)OCCCC)[C@H](O)[C@H]2O)[C@@H](O)[C@H](O)[C@H]1O. The molecular formula is C50H78O16. The lowest BCUT2D eigenvalue weighted by Crippen LogP contribution is -2.68. The number of ketones is 1. The molecule has 0 radical (unpaired) electrons. The molecule has 5 aliphatic carbocycles. The summed E-state index contributed by atoms with van der Waals surface area (Å²) in [5.41, 5.74) is -1.67. The van der Waals surface area contributed by atoms with Gasteiger partial charge in [-0.1, -0.05) is 73.8 Å². The minimum atomic E-state index is -1.94. The molecule has 0 aromatic carbocycles. The van der Waals surface area contributed by atoms with E-state index in [0.29, 0.717) is 38.5 Å². The van der Waals surface area contributed by atoms with Crippen LogP contribution in [-0.2, 0) is 47.6 Å². The first-order valence-corrected chi connectivity index (χ1v) is 24.7. The van der Waals surface area contributed by atoms with Gasteiger partial charge in [-0.15, -0.1) is 0 Å². The predicted molar refractivity (Wildman–Crippen MR) is 236 cm³/mol. The Bertz CT molecular complexity index is 1870. The smallest absolute Gasteiger partial charge is 0.338 e. The van der Waals surface area contributed by atoms with Crippen molar-refractivity contribution in [3.63, 3.8) is 0 Å². The van der Waals surface area contributed by atoms with Gasteiger partial charge in [-0.05, 0) is 123 Å². The Morgan fingerprint density at radius 1 is 0.697 bits per heavy atom. The molecule has 0 unspecified atom stereocenters. The Morgan fingerprint density at radius 3 is 1.86 bits per heavy atom. The zero-order valence-corrected chi connectivity index (χ0v) is 40.5. The Balaban J connectivity index is 1.17. The van der Waals surface area contributed by atoms with Crippen LogP contribution in [0.2, 0.25) is 0 Å². The van der Waals surface area contributed by atoms with Crippen molar-refractivity contribution in [3.8, 4) is 0 Å². The van der Waals surface area contributed by atoms with E-state index in [1.165, 1.54) is 0 Å². The molecule has 0 aromatic rings. The largest absolute Gasteiger partial charge is 0.481 e. The molecule has 0 amide bonds. The van der Waals surface area contributed by atoms with E-state index in [9.17, 15) is 45.0 Å². The Hall–Kier alpha value is -2.54. The van der Waals surface area contributed by atoms with Gasteiger partial charge < -0.3 is 59.1 Å². The zero-order valence-electron chi connectivity index (χ0n) is 40.5. The molecule has 7 rings (SSSR count). The molecule has 2 saturated heterocycles. The first kappa shape index (κ1) is 51.3. The van der Waals surface area contributed by atoms with Gasteiger partial charge >= 0.3 is 17.9 Å². The van der Waals surface area contributed by atoms with Crippen LogP contribution in [0.3, 0.4) is 0 Å². The number of aliphatic carboxylic acids is 1. The summed E-state index contributed by atoms with van der Waals surface area (Å²) in [6, 6.07) is 0. The summed E-state index contributed by atoms with van der Waals surface area (Å²) in [5.74, 6) is -3.01. The fourth-order valence-electron chi connectivity index (χ4n) is 14.1. The molecule has 0 aromatic heterocycles. The first-order chi connectivity index (χ1) is 30.8. The normalized spacial score (nSPS) is 47.5. The van der Waals surface area contributed by atoms with E-state index in [2.05, 4.69) is 41.5 Å². The Kier molecular flexibility index (Phi) is 14.5. The number of allylic oxidation sites excluding steroid dienone is 2. The van der Waals surface area contributed by atoms with E-state index in [1.807, 2.05) is 26.8 Å². The maximum atomic E-state index is 15.0. The van der Waals surface area contributed by atoms with Crippen LogP contribution in [0.1, 0.15) is 146 Å². The van der Waals surface area contributed by atoms with Gasteiger partial charge in [-0.2, -0.15) is 0 Å². The van der Waals surface area contributed by atoms with Gasteiger partial charge in [0.25, 0.3) is 0 Å². The summed E-state index contributed by atoms with van der Waals surface area (Å²) in [4.78, 5) is 54.0. The predicted octanol–water partition coefficient (Wildman–Crippen LogP) is 4.76. The van der Waals surface area contributed by atoms with Crippen molar-refractivity contribution in [3.05, 3.63) is 11.6 Å². The van der Waals surface area contributed by atoms with Crippen LogP contribution in [0.25, 0.3) is 0 Å². The third-order valence-corrected chi connectivity index (χ3v) is 18.7. The van der Waals surface area contributed by atoms with E-state index < -0.39 is 107 Å². The van der Waals surface area contributed by atoms with Gasteiger partial charge in [0.1, 0.15) is 36.6 Å². The number of carboxylic acid groups (broad SMARTS) is 1. The molecule has 0 bridgehead atoms. The highest BCUT2D eigenvalue weighted by molar-refractivity contribution is 5.95. The second-order valence-corrected chi connectivity index (χ2v) is 23.0. The van der Waals surface area contributed by atoms with Gasteiger partial charge in [0.05, 0.1) is 24.7 Å². The van der Waals surface area contributed by atoms with Crippen LogP contribution in [0, 0.1) is 50.2 Å².